The van der Waals surface area contributed by atoms with Gasteiger partial charge in [-0.25, -0.2) is 0 Å². The molecular weight excluding hydrogens is 664 g/mol. The van der Waals surface area contributed by atoms with E-state index >= 15 is 4.79 Å². The molecule has 0 spiro atoms. The van der Waals surface area contributed by atoms with Gasteiger partial charge in [0.15, 0.2) is 11.6 Å². The molecule has 10 nitrogen and oxygen atoms in total. The summed E-state index contributed by atoms with van der Waals surface area (Å²) in [6, 6.07) is 0. The Morgan fingerprint density at radius 2 is 1.69 bits per heavy atom. The quantitative estimate of drug-likeness (QED) is 0.252. The Kier molecular flexibility index (Phi) is 13.5. The summed E-state index contributed by atoms with van der Waals surface area (Å²) >= 11 is 0. The highest BCUT2D eigenvalue weighted by Gasteiger charge is 2.60. The van der Waals surface area contributed by atoms with Gasteiger partial charge in [0.25, 0.3) is 0 Å². The number of carbonyl (C=O) groups is 5. The van der Waals surface area contributed by atoms with Gasteiger partial charge in [-0.2, -0.15) is 0 Å². The van der Waals surface area contributed by atoms with Crippen molar-refractivity contribution < 1.29 is 48.4 Å². The normalized spacial score (nSPS) is 38.8. The Morgan fingerprint density at radius 3 is 2.33 bits per heavy atom. The van der Waals surface area contributed by atoms with Gasteiger partial charge in [-0.05, 0) is 97.1 Å². The number of esters is 2. The van der Waals surface area contributed by atoms with Crippen molar-refractivity contribution in [2.24, 2.45) is 29.1 Å². The van der Waals surface area contributed by atoms with Crippen molar-refractivity contribution in [3.63, 3.8) is 0 Å². The lowest BCUT2D eigenvalue weighted by atomic mass is 9.52. The van der Waals surface area contributed by atoms with Crippen LogP contribution in [0.4, 0.5) is 0 Å². The number of rotatable bonds is 3. The molecule has 2 aliphatic heterocycles. The molecule has 1 fully saturated rings. The van der Waals surface area contributed by atoms with E-state index in [1.807, 2.05) is 46.8 Å². The van der Waals surface area contributed by atoms with Crippen molar-refractivity contribution in [3.8, 4) is 0 Å². The molecule has 1 saturated heterocycles. The van der Waals surface area contributed by atoms with E-state index in [4.69, 9.17) is 14.2 Å². The number of hydrogen-bond donors (Lipinski definition) is 2. The molecule has 2 aliphatic carbocycles. The monoisotopic (exact) mass is 724 g/mol. The van der Waals surface area contributed by atoms with Gasteiger partial charge in [-0.3, -0.25) is 24.0 Å². The van der Waals surface area contributed by atoms with Crippen LogP contribution in [0.5, 0.6) is 0 Å². The SMILES string of the molecule is COC(=O)[C@]12CC(=O)/C=C(\C)CC/C=C(\C)C(=O)CC(C(C)C)C(=O)[C@@H]1CC(C)=C1C[C@H](OC(C)=O)[C@H](O)[C@H]3CC[C@@](C)(O)[C@H](CC/C(C)=C/[C@@H]12)O3. The number of methoxy groups -OCH3 is 1. The molecular formula is C42H60O10. The fraction of sp³-hybridized carbons (Fsp3) is 0.690. The Labute approximate surface area is 309 Å². The first kappa shape index (κ1) is 41.5. The number of Topliss-reactive ketones (excluding diaryl/α,β-unsaturated/α-hetero) is 2. The minimum absolute atomic E-state index is 0.0146. The fourth-order valence-electron chi connectivity index (χ4n) is 8.96. The van der Waals surface area contributed by atoms with Crippen LogP contribution in [0, 0.1) is 29.1 Å². The number of carbonyl (C=O) groups excluding carboxylic acids is 5. The smallest absolute Gasteiger partial charge is 0.313 e. The Hall–Kier alpha value is -3.21. The maximum Gasteiger partial charge on any atom is 0.313 e. The largest absolute Gasteiger partial charge is 0.469 e. The third kappa shape index (κ3) is 8.93. The molecule has 4 rings (SSSR count). The molecule has 1 unspecified atom stereocenters. The Balaban J connectivity index is 2.03. The lowest BCUT2D eigenvalue weighted by Crippen LogP contribution is -2.55. The number of hydrogen-bond acceptors (Lipinski definition) is 10. The van der Waals surface area contributed by atoms with Crippen LogP contribution in [0.2, 0.25) is 0 Å². The van der Waals surface area contributed by atoms with Crippen molar-refractivity contribution >= 4 is 29.3 Å². The van der Waals surface area contributed by atoms with Crippen molar-refractivity contribution in [2.45, 2.75) is 150 Å². The fourth-order valence-corrected chi connectivity index (χ4v) is 8.96. The summed E-state index contributed by atoms with van der Waals surface area (Å²) < 4.78 is 17.7. The number of aliphatic hydroxyl groups is 2. The summed E-state index contributed by atoms with van der Waals surface area (Å²) in [5.74, 6) is -4.85. The third-order valence-corrected chi connectivity index (χ3v) is 12.1. The summed E-state index contributed by atoms with van der Waals surface area (Å²) in [5, 5.41) is 23.1. The number of ketones is 3. The predicted octanol–water partition coefficient (Wildman–Crippen LogP) is 6.27. The van der Waals surface area contributed by atoms with Gasteiger partial charge in [0.05, 0.1) is 30.3 Å². The van der Waals surface area contributed by atoms with E-state index in [2.05, 4.69) is 0 Å². The van der Waals surface area contributed by atoms with Gasteiger partial charge in [-0.1, -0.05) is 48.3 Å². The van der Waals surface area contributed by atoms with Crippen molar-refractivity contribution in [2.75, 3.05) is 7.11 Å². The summed E-state index contributed by atoms with van der Waals surface area (Å²) in [5.41, 5.74) is 0.798. The summed E-state index contributed by atoms with van der Waals surface area (Å²) in [6.07, 6.45) is 4.11. The maximum atomic E-state index is 15.1. The third-order valence-electron chi connectivity index (χ3n) is 12.1. The van der Waals surface area contributed by atoms with Gasteiger partial charge in [-0.15, -0.1) is 0 Å². The molecule has 10 heteroatoms. The number of fused-ring (bicyclic) bond motifs is 5. The topological polar surface area (TPSA) is 154 Å². The van der Waals surface area contributed by atoms with Gasteiger partial charge >= 0.3 is 11.9 Å². The van der Waals surface area contributed by atoms with Crippen LogP contribution in [0.3, 0.4) is 0 Å². The van der Waals surface area contributed by atoms with Gasteiger partial charge in [0.2, 0.25) is 0 Å². The van der Waals surface area contributed by atoms with Crippen LogP contribution in [-0.2, 0) is 38.2 Å². The number of ether oxygens (including phenoxy) is 3. The molecule has 4 aliphatic rings. The van der Waals surface area contributed by atoms with E-state index < -0.39 is 65.1 Å². The molecule has 2 bridgehead atoms. The molecule has 0 aromatic heterocycles. The Bertz CT molecular complexity index is 1540. The average molecular weight is 725 g/mol. The van der Waals surface area contributed by atoms with Gasteiger partial charge in [0.1, 0.15) is 18.0 Å². The minimum atomic E-state index is -1.71. The van der Waals surface area contributed by atoms with E-state index in [1.165, 1.54) is 20.1 Å². The first-order valence-electron chi connectivity index (χ1n) is 18.9. The molecule has 0 radical (unpaired) electrons. The highest BCUT2D eigenvalue weighted by atomic mass is 16.6. The number of allylic oxidation sites excluding steroid dienone is 7. The molecule has 2 heterocycles. The van der Waals surface area contributed by atoms with Gasteiger partial charge < -0.3 is 24.4 Å². The van der Waals surface area contributed by atoms with Crippen LogP contribution in [0.15, 0.2) is 46.1 Å². The zero-order valence-electron chi connectivity index (χ0n) is 32.6. The van der Waals surface area contributed by atoms with Crippen molar-refractivity contribution in [1.82, 2.24) is 0 Å². The molecule has 2 N–H and O–H groups in total. The molecule has 0 amide bonds. The van der Waals surface area contributed by atoms with E-state index in [0.717, 1.165) is 16.7 Å². The van der Waals surface area contributed by atoms with E-state index in [1.54, 1.807) is 13.8 Å². The minimum Gasteiger partial charge on any atom is -0.469 e. The second-order valence-corrected chi connectivity index (χ2v) is 16.5. The molecule has 9 atom stereocenters. The summed E-state index contributed by atoms with van der Waals surface area (Å²) in [6.45, 7) is 14.2. The van der Waals surface area contributed by atoms with E-state index in [9.17, 15) is 29.4 Å². The van der Waals surface area contributed by atoms with E-state index in [-0.39, 0.29) is 49.0 Å². The van der Waals surface area contributed by atoms with Crippen LogP contribution < -0.4 is 0 Å². The summed E-state index contributed by atoms with van der Waals surface area (Å²) in [4.78, 5) is 70.1. The standard InChI is InChI=1S/C42H60O10/c1-23(2)30-20-34(45)26(5)12-10-11-24(3)17-29(44)22-42(40(48)50-9)32-18-25(4)13-14-37-41(8,49)16-15-35(52-37)39(47)36(51-28(7)43)21-31(32)27(6)19-33(42)38(30)46/h12,17-18,23,30,32-33,35-37,39,47,49H,10-11,13-16,19-22H2,1-9H3/b24-17+,25-18+,26-12+/t30?,32-,33-,35+,36-,37-,39+,41+,42-/m0/s1. The van der Waals surface area contributed by atoms with Gasteiger partial charge in [0, 0.05) is 43.9 Å². The zero-order chi connectivity index (χ0) is 38.7. The van der Waals surface area contributed by atoms with Crippen molar-refractivity contribution in [3.05, 3.63) is 46.1 Å². The summed E-state index contributed by atoms with van der Waals surface area (Å²) in [7, 11) is 1.26. The second kappa shape index (κ2) is 16.9. The van der Waals surface area contributed by atoms with Crippen LogP contribution in [0.25, 0.3) is 0 Å². The molecule has 0 saturated carbocycles. The number of aliphatic hydroxyl groups excluding tert-OH is 1. The molecule has 0 aromatic carbocycles. The second-order valence-electron chi connectivity index (χ2n) is 16.5. The first-order chi connectivity index (χ1) is 24.3. The predicted molar refractivity (Wildman–Crippen MR) is 196 cm³/mol. The highest BCUT2D eigenvalue weighted by molar-refractivity contribution is 6.01. The lowest BCUT2D eigenvalue weighted by Gasteiger charge is -2.49. The van der Waals surface area contributed by atoms with Crippen LogP contribution in [-0.4, -0.2) is 76.6 Å². The van der Waals surface area contributed by atoms with Crippen molar-refractivity contribution in [1.29, 1.82) is 0 Å². The average Bonchev–Trinajstić information content (AvgIpc) is 3.06. The Morgan fingerprint density at radius 1 is 1.00 bits per heavy atom. The maximum absolute atomic E-state index is 15.1. The molecule has 0 aromatic rings. The van der Waals surface area contributed by atoms with Crippen LogP contribution >= 0.6 is 0 Å². The molecule has 288 valence electrons. The van der Waals surface area contributed by atoms with E-state index in [0.29, 0.717) is 49.7 Å². The zero-order valence-corrected chi connectivity index (χ0v) is 32.6. The first-order valence-corrected chi connectivity index (χ1v) is 18.9. The lowest BCUT2D eigenvalue weighted by molar-refractivity contribution is -0.209. The highest BCUT2D eigenvalue weighted by Crippen LogP contribution is 2.56. The van der Waals surface area contributed by atoms with Crippen LogP contribution in [0.1, 0.15) is 120 Å². The molecule has 52 heavy (non-hydrogen) atoms.